The Balaban J connectivity index is 2.63. The van der Waals surface area contributed by atoms with E-state index < -0.39 is 0 Å². The predicted octanol–water partition coefficient (Wildman–Crippen LogP) is 0.959. The monoisotopic (exact) mass is 264 g/mol. The minimum absolute atomic E-state index is 0.0653. The maximum Gasteiger partial charge on any atom is 0.215 e. The predicted molar refractivity (Wildman–Crippen MR) is 69.5 cm³/mol. The molecule has 5 N–H and O–H groups in total. The summed E-state index contributed by atoms with van der Waals surface area (Å²) in [7, 11) is 1.75. The highest BCUT2D eigenvalue weighted by Crippen LogP contribution is 2.31. The number of rotatable bonds is 1. The van der Waals surface area contributed by atoms with Gasteiger partial charge in [0.05, 0.1) is 5.69 Å². The second-order valence-electron chi connectivity index (χ2n) is 3.66. The molecule has 1 heterocycles. The van der Waals surface area contributed by atoms with E-state index in [1.54, 1.807) is 17.0 Å². The highest BCUT2D eigenvalue weighted by Gasteiger charge is 2.10. The normalized spacial score (nSPS) is 11.7. The Labute approximate surface area is 107 Å². The summed E-state index contributed by atoms with van der Waals surface area (Å²) in [6.45, 7) is 0. The fraction of sp³-hybridized carbons (Fsp3) is 0.0909. The van der Waals surface area contributed by atoms with Crippen molar-refractivity contribution in [3.63, 3.8) is 0 Å². The molecule has 0 radical (unpaired) electrons. The van der Waals surface area contributed by atoms with E-state index in [-0.39, 0.29) is 17.5 Å². The number of hydrogen-bond donors (Lipinski definition) is 4. The number of guanidine groups is 1. The average molecular weight is 264 g/mol. The molecule has 0 saturated heterocycles. The molecule has 0 saturated carbocycles. The first kappa shape index (κ1) is 12.2. The molecule has 1 aromatic heterocycles. The summed E-state index contributed by atoms with van der Waals surface area (Å²) in [6, 6.07) is 4.30. The summed E-state index contributed by atoms with van der Waals surface area (Å²) in [5.41, 5.74) is 6.40. The summed E-state index contributed by atoms with van der Waals surface area (Å²) in [5.74, 6) is -0.145. The van der Waals surface area contributed by atoms with Crippen LogP contribution >= 0.6 is 11.3 Å². The Hall–Kier alpha value is -2.28. The topological polar surface area (TPSA) is 108 Å². The summed E-state index contributed by atoms with van der Waals surface area (Å²) in [4.78, 5) is 4.40. The van der Waals surface area contributed by atoms with E-state index in [1.165, 1.54) is 29.5 Å². The van der Waals surface area contributed by atoms with Crippen LogP contribution in [-0.2, 0) is 7.05 Å². The second kappa shape index (κ2) is 4.53. The number of thiazole rings is 1. The smallest absolute Gasteiger partial charge is 0.215 e. The molecule has 0 fully saturated rings. The van der Waals surface area contributed by atoms with Crippen LogP contribution in [0.25, 0.3) is 11.3 Å². The molecule has 6 nitrogen and oxygen atoms in total. The minimum atomic E-state index is -0.279. The van der Waals surface area contributed by atoms with Gasteiger partial charge in [0, 0.05) is 18.0 Å². The maximum atomic E-state index is 9.79. The Kier molecular flexibility index (Phi) is 3.07. The van der Waals surface area contributed by atoms with Gasteiger partial charge in [-0.15, -0.1) is 11.3 Å². The van der Waals surface area contributed by atoms with Crippen LogP contribution in [0.3, 0.4) is 0 Å². The molecule has 0 amide bonds. The third kappa shape index (κ3) is 2.21. The Morgan fingerprint density at radius 3 is 2.83 bits per heavy atom. The Morgan fingerprint density at radius 1 is 1.44 bits per heavy atom. The SMILES string of the molecule is Cn1c(-c2cc(O)ccc2O)cs/c1=N/C(=N)N. The first-order chi connectivity index (χ1) is 8.49. The molecule has 1 aromatic carbocycles. The van der Waals surface area contributed by atoms with Gasteiger partial charge in [-0.2, -0.15) is 4.99 Å². The summed E-state index contributed by atoms with van der Waals surface area (Å²) in [5, 5.41) is 28.1. The number of nitrogens with one attached hydrogen (secondary N) is 1. The molecule has 0 aliphatic rings. The van der Waals surface area contributed by atoms with Crippen LogP contribution in [0.5, 0.6) is 11.5 Å². The van der Waals surface area contributed by atoms with Crippen molar-refractivity contribution < 1.29 is 10.2 Å². The van der Waals surface area contributed by atoms with Gasteiger partial charge in [0.2, 0.25) is 5.96 Å². The van der Waals surface area contributed by atoms with E-state index in [9.17, 15) is 10.2 Å². The quantitative estimate of drug-likeness (QED) is 0.350. The van der Waals surface area contributed by atoms with E-state index >= 15 is 0 Å². The van der Waals surface area contributed by atoms with E-state index in [4.69, 9.17) is 11.1 Å². The summed E-state index contributed by atoms with van der Waals surface area (Å²) < 4.78 is 1.69. The van der Waals surface area contributed by atoms with Crippen LogP contribution in [0, 0.1) is 5.41 Å². The fourth-order valence-corrected chi connectivity index (χ4v) is 2.46. The lowest BCUT2D eigenvalue weighted by Gasteiger charge is -2.06. The summed E-state index contributed by atoms with van der Waals surface area (Å²) in [6.07, 6.45) is 0. The number of phenolic OH excluding ortho intramolecular Hbond substituents is 2. The number of benzene rings is 1. The zero-order valence-electron chi connectivity index (χ0n) is 9.58. The van der Waals surface area contributed by atoms with Gasteiger partial charge in [-0.25, -0.2) is 0 Å². The van der Waals surface area contributed by atoms with Crippen LogP contribution in [0.15, 0.2) is 28.6 Å². The Bertz CT molecular complexity index is 672. The fourth-order valence-electron chi connectivity index (χ4n) is 1.55. The highest BCUT2D eigenvalue weighted by molar-refractivity contribution is 7.07. The number of phenols is 2. The minimum Gasteiger partial charge on any atom is -0.508 e. The van der Waals surface area contributed by atoms with Gasteiger partial charge in [0.1, 0.15) is 11.5 Å². The maximum absolute atomic E-state index is 9.79. The first-order valence-electron chi connectivity index (χ1n) is 5.04. The zero-order chi connectivity index (χ0) is 13.3. The van der Waals surface area contributed by atoms with Gasteiger partial charge >= 0.3 is 0 Å². The van der Waals surface area contributed by atoms with Crippen molar-refractivity contribution in [3.05, 3.63) is 28.4 Å². The molecule has 7 heteroatoms. The number of hydrogen-bond acceptors (Lipinski definition) is 4. The van der Waals surface area contributed by atoms with E-state index in [0.717, 1.165) is 0 Å². The number of nitrogens with two attached hydrogens (primary N) is 1. The third-order valence-electron chi connectivity index (χ3n) is 2.40. The van der Waals surface area contributed by atoms with E-state index in [2.05, 4.69) is 4.99 Å². The molecule has 0 bridgehead atoms. The molecule has 2 rings (SSSR count). The summed E-state index contributed by atoms with van der Waals surface area (Å²) >= 11 is 1.30. The molecular weight excluding hydrogens is 252 g/mol. The molecule has 0 aliphatic carbocycles. The van der Waals surface area contributed by atoms with Gasteiger partial charge in [-0.05, 0) is 18.2 Å². The van der Waals surface area contributed by atoms with Crippen LogP contribution in [0.1, 0.15) is 0 Å². The van der Waals surface area contributed by atoms with Gasteiger partial charge in [0.25, 0.3) is 0 Å². The standard InChI is InChI=1S/C11H12N4O2S/c1-15-8(5-18-11(15)14-10(12)13)7-4-6(16)2-3-9(7)17/h2-5,16-17H,1H3,(H3,12,13)/b14-11+. The van der Waals surface area contributed by atoms with Crippen molar-refractivity contribution in [1.29, 1.82) is 5.41 Å². The molecule has 0 atom stereocenters. The van der Waals surface area contributed by atoms with Crippen molar-refractivity contribution in [2.45, 2.75) is 0 Å². The van der Waals surface area contributed by atoms with Crippen molar-refractivity contribution in [1.82, 2.24) is 4.57 Å². The average Bonchev–Trinajstić information content (AvgIpc) is 2.64. The molecule has 0 spiro atoms. The number of aromatic nitrogens is 1. The van der Waals surface area contributed by atoms with Crippen LogP contribution in [-0.4, -0.2) is 20.7 Å². The first-order valence-corrected chi connectivity index (χ1v) is 5.92. The van der Waals surface area contributed by atoms with Crippen molar-refractivity contribution >= 4 is 17.3 Å². The number of aromatic hydroxyl groups is 2. The van der Waals surface area contributed by atoms with Crippen LogP contribution < -0.4 is 10.5 Å². The van der Waals surface area contributed by atoms with Crippen molar-refractivity contribution in [3.8, 4) is 22.8 Å². The molecule has 94 valence electrons. The van der Waals surface area contributed by atoms with Crippen LogP contribution in [0.2, 0.25) is 0 Å². The van der Waals surface area contributed by atoms with Crippen molar-refractivity contribution in [2.75, 3.05) is 0 Å². The molecule has 0 unspecified atom stereocenters. The third-order valence-corrected chi connectivity index (χ3v) is 3.31. The lowest BCUT2D eigenvalue weighted by molar-refractivity contribution is 0.461. The highest BCUT2D eigenvalue weighted by atomic mass is 32.1. The van der Waals surface area contributed by atoms with Gasteiger partial charge in [-0.3, -0.25) is 5.41 Å². The molecule has 18 heavy (non-hydrogen) atoms. The Morgan fingerprint density at radius 2 is 2.17 bits per heavy atom. The van der Waals surface area contributed by atoms with Crippen molar-refractivity contribution in [2.24, 2.45) is 17.8 Å². The zero-order valence-corrected chi connectivity index (χ0v) is 10.4. The van der Waals surface area contributed by atoms with E-state index in [0.29, 0.717) is 16.1 Å². The van der Waals surface area contributed by atoms with Gasteiger partial charge in [-0.1, -0.05) is 0 Å². The lowest BCUT2D eigenvalue weighted by Crippen LogP contribution is -2.17. The molecular formula is C11H12N4O2S. The molecule has 0 aliphatic heterocycles. The largest absolute Gasteiger partial charge is 0.508 e. The van der Waals surface area contributed by atoms with Crippen LogP contribution in [0.4, 0.5) is 0 Å². The lowest BCUT2D eigenvalue weighted by atomic mass is 10.1. The van der Waals surface area contributed by atoms with Gasteiger partial charge in [0.15, 0.2) is 4.80 Å². The molecule has 2 aromatic rings. The van der Waals surface area contributed by atoms with E-state index in [1.807, 2.05) is 0 Å². The second-order valence-corrected chi connectivity index (χ2v) is 4.50. The number of nitrogens with zero attached hydrogens (tertiary/aromatic N) is 2. The van der Waals surface area contributed by atoms with Gasteiger partial charge < -0.3 is 20.5 Å².